The van der Waals surface area contributed by atoms with Gasteiger partial charge in [0.25, 0.3) is 0 Å². The molecule has 3 aliphatic carbocycles. The SMILES string of the molecule is C1=c2c(-c3ccc4c5c(cccc35)-c3c-4c(-c4ccccc4)c4ccccc4c3-c3ccccc3)c3ccccc3c3c2=C(CC1)c1nccnc1-3. The fourth-order valence-electron chi connectivity index (χ4n) is 9.80. The molecule has 0 atom stereocenters. The van der Waals surface area contributed by atoms with Crippen LogP contribution in [0.25, 0.3) is 111 Å². The van der Waals surface area contributed by atoms with Gasteiger partial charge in [0.2, 0.25) is 0 Å². The van der Waals surface area contributed by atoms with Crippen molar-refractivity contribution < 1.29 is 0 Å². The molecular weight excluding hydrogens is 629 g/mol. The van der Waals surface area contributed by atoms with Crippen LogP contribution in [-0.4, -0.2) is 9.97 Å². The van der Waals surface area contributed by atoms with Crippen molar-refractivity contribution in [3.05, 3.63) is 168 Å². The lowest BCUT2D eigenvalue weighted by atomic mass is 9.82. The fourth-order valence-corrected chi connectivity index (χ4v) is 9.80. The lowest BCUT2D eigenvalue weighted by molar-refractivity contribution is 1.06. The van der Waals surface area contributed by atoms with E-state index in [1.54, 1.807) is 0 Å². The van der Waals surface area contributed by atoms with Crippen LogP contribution in [0.3, 0.4) is 0 Å². The number of aromatic nitrogens is 2. The molecule has 240 valence electrons. The smallest absolute Gasteiger partial charge is 0.0974 e. The molecule has 0 spiro atoms. The van der Waals surface area contributed by atoms with Crippen LogP contribution >= 0.6 is 0 Å². The lowest BCUT2D eigenvalue weighted by Gasteiger charge is -2.20. The van der Waals surface area contributed by atoms with Crippen LogP contribution < -0.4 is 10.4 Å². The molecule has 2 heteroatoms. The quantitative estimate of drug-likeness (QED) is 0.189. The Bertz CT molecular complexity index is 3070. The van der Waals surface area contributed by atoms with E-state index in [0.717, 1.165) is 24.2 Å². The summed E-state index contributed by atoms with van der Waals surface area (Å²) in [7, 11) is 0. The van der Waals surface area contributed by atoms with Gasteiger partial charge in [-0.2, -0.15) is 0 Å². The van der Waals surface area contributed by atoms with Crippen molar-refractivity contribution in [1.29, 1.82) is 0 Å². The Kier molecular flexibility index (Phi) is 5.64. The van der Waals surface area contributed by atoms with Gasteiger partial charge in [0.05, 0.1) is 11.4 Å². The zero-order valence-corrected chi connectivity index (χ0v) is 28.3. The molecule has 0 aliphatic heterocycles. The molecular formula is C50H30N2. The highest BCUT2D eigenvalue weighted by molar-refractivity contribution is 6.29. The standard InChI is InChI=1S/C50H30N2/c1-3-13-29(14-4-1)41-31-17-7-8-18-32(31)42(30-15-5-2-6-16-30)47-39-26-25-36(34-21-11-23-38(44(34)39)46(41)47)43-33-19-9-10-20-35(33)48-45-37(43)22-12-24-40(45)49-50(48)52-28-27-51-49/h1-11,13-23,25-28H,12,24H2. The summed E-state index contributed by atoms with van der Waals surface area (Å²) in [6.07, 6.45) is 8.13. The largest absolute Gasteiger partial charge is 0.253 e. The average Bonchev–Trinajstić information content (AvgIpc) is 3.73. The van der Waals surface area contributed by atoms with Crippen molar-refractivity contribution in [2.24, 2.45) is 0 Å². The Labute approximate surface area is 300 Å². The third kappa shape index (κ3) is 3.58. The van der Waals surface area contributed by atoms with Crippen molar-refractivity contribution in [1.82, 2.24) is 9.97 Å². The zero-order valence-electron chi connectivity index (χ0n) is 28.3. The molecule has 9 aromatic rings. The van der Waals surface area contributed by atoms with Crippen LogP contribution in [0.4, 0.5) is 0 Å². The zero-order chi connectivity index (χ0) is 33.9. The number of benzene rings is 8. The van der Waals surface area contributed by atoms with Gasteiger partial charge in [0.15, 0.2) is 0 Å². The molecule has 0 N–H and O–H groups in total. The normalized spacial score (nSPS) is 13.3. The second-order valence-corrected chi connectivity index (χ2v) is 14.2. The molecule has 0 radical (unpaired) electrons. The van der Waals surface area contributed by atoms with E-state index in [-0.39, 0.29) is 0 Å². The molecule has 0 saturated carbocycles. The molecule has 52 heavy (non-hydrogen) atoms. The Morgan fingerprint density at radius 2 is 0.904 bits per heavy atom. The maximum Gasteiger partial charge on any atom is 0.0974 e. The van der Waals surface area contributed by atoms with Crippen molar-refractivity contribution >= 4 is 44.0 Å². The highest BCUT2D eigenvalue weighted by Crippen LogP contribution is 2.58. The average molecular weight is 659 g/mol. The van der Waals surface area contributed by atoms with Crippen LogP contribution in [0, 0.1) is 0 Å². The Morgan fingerprint density at radius 3 is 1.56 bits per heavy atom. The molecule has 1 aromatic heterocycles. The van der Waals surface area contributed by atoms with E-state index in [1.807, 2.05) is 12.4 Å². The minimum Gasteiger partial charge on any atom is -0.253 e. The van der Waals surface area contributed by atoms with Gasteiger partial charge in [-0.15, -0.1) is 0 Å². The van der Waals surface area contributed by atoms with E-state index in [0.29, 0.717) is 0 Å². The molecule has 3 aliphatic rings. The third-order valence-corrected chi connectivity index (χ3v) is 11.7. The Balaban J connectivity index is 1.25. The molecule has 0 fully saturated rings. The van der Waals surface area contributed by atoms with Gasteiger partial charge in [0.1, 0.15) is 0 Å². The van der Waals surface area contributed by atoms with E-state index in [1.165, 1.54) is 110 Å². The summed E-state index contributed by atoms with van der Waals surface area (Å²) in [6, 6.07) is 51.7. The van der Waals surface area contributed by atoms with Crippen LogP contribution in [0.1, 0.15) is 18.5 Å². The lowest BCUT2D eigenvalue weighted by Crippen LogP contribution is -2.32. The van der Waals surface area contributed by atoms with E-state index in [2.05, 4.69) is 146 Å². The second-order valence-electron chi connectivity index (χ2n) is 14.2. The van der Waals surface area contributed by atoms with Crippen molar-refractivity contribution in [3.8, 4) is 66.9 Å². The highest BCUT2D eigenvalue weighted by atomic mass is 14.8. The second kappa shape index (κ2) is 10.4. The monoisotopic (exact) mass is 658 g/mol. The van der Waals surface area contributed by atoms with E-state index < -0.39 is 0 Å². The molecule has 2 nitrogen and oxygen atoms in total. The number of hydrogen-bond donors (Lipinski definition) is 0. The molecule has 0 saturated heterocycles. The van der Waals surface area contributed by atoms with Gasteiger partial charge in [-0.25, -0.2) is 0 Å². The van der Waals surface area contributed by atoms with Crippen LogP contribution in [0.5, 0.6) is 0 Å². The first-order valence-electron chi connectivity index (χ1n) is 18.2. The van der Waals surface area contributed by atoms with Crippen molar-refractivity contribution in [2.45, 2.75) is 12.8 Å². The van der Waals surface area contributed by atoms with Gasteiger partial charge < -0.3 is 0 Å². The van der Waals surface area contributed by atoms with Crippen molar-refractivity contribution in [3.63, 3.8) is 0 Å². The number of rotatable bonds is 3. The Morgan fingerprint density at radius 1 is 0.385 bits per heavy atom. The maximum atomic E-state index is 4.92. The molecule has 8 aromatic carbocycles. The first-order chi connectivity index (χ1) is 25.9. The summed E-state index contributed by atoms with van der Waals surface area (Å²) in [4.78, 5) is 9.81. The number of fused-ring (bicyclic) bond motifs is 9. The molecule has 0 amide bonds. The number of nitrogens with zero attached hydrogens (tertiary/aromatic N) is 2. The summed E-state index contributed by atoms with van der Waals surface area (Å²) in [5.74, 6) is 0. The molecule has 0 bridgehead atoms. The van der Waals surface area contributed by atoms with E-state index in [4.69, 9.17) is 9.97 Å². The van der Waals surface area contributed by atoms with Crippen LogP contribution in [-0.2, 0) is 0 Å². The first-order valence-corrected chi connectivity index (χ1v) is 18.2. The van der Waals surface area contributed by atoms with Gasteiger partial charge in [0, 0.05) is 18.0 Å². The first kappa shape index (κ1) is 28.1. The summed E-state index contributed by atoms with van der Waals surface area (Å²) in [5.41, 5.74) is 17.6. The van der Waals surface area contributed by atoms with Gasteiger partial charge >= 0.3 is 0 Å². The summed E-state index contributed by atoms with van der Waals surface area (Å²) >= 11 is 0. The molecule has 12 rings (SSSR count). The third-order valence-electron chi connectivity index (χ3n) is 11.7. The molecule has 0 unspecified atom stereocenters. The van der Waals surface area contributed by atoms with Crippen LogP contribution in [0.15, 0.2) is 152 Å². The van der Waals surface area contributed by atoms with Gasteiger partial charge in [-0.3, -0.25) is 9.97 Å². The Hall–Kier alpha value is -6.64. The number of hydrogen-bond acceptors (Lipinski definition) is 2. The predicted octanol–water partition coefficient (Wildman–Crippen LogP) is 11.3. The fraction of sp³-hybridized carbons (Fsp3) is 0.0400. The van der Waals surface area contributed by atoms with Gasteiger partial charge in [-0.1, -0.05) is 146 Å². The molecule has 1 heterocycles. The van der Waals surface area contributed by atoms with Crippen molar-refractivity contribution in [2.75, 3.05) is 0 Å². The van der Waals surface area contributed by atoms with E-state index >= 15 is 0 Å². The topological polar surface area (TPSA) is 25.8 Å². The highest BCUT2D eigenvalue weighted by Gasteiger charge is 2.33. The van der Waals surface area contributed by atoms with Crippen LogP contribution in [0.2, 0.25) is 0 Å². The predicted molar refractivity (Wildman–Crippen MR) is 216 cm³/mol. The minimum atomic E-state index is 0.987. The minimum absolute atomic E-state index is 0.987. The maximum absolute atomic E-state index is 4.92. The summed E-state index contributed by atoms with van der Waals surface area (Å²) in [6.45, 7) is 0. The summed E-state index contributed by atoms with van der Waals surface area (Å²) < 4.78 is 0. The van der Waals surface area contributed by atoms with E-state index in [9.17, 15) is 0 Å². The summed E-state index contributed by atoms with van der Waals surface area (Å²) in [5, 5.41) is 10.4. The van der Waals surface area contributed by atoms with Gasteiger partial charge in [-0.05, 0) is 117 Å².